The zero-order chi connectivity index (χ0) is 24.9. The molecule has 3 N–H and O–H groups in total. The van der Waals surface area contributed by atoms with Gasteiger partial charge < -0.3 is 25.4 Å². The van der Waals surface area contributed by atoms with Crippen molar-refractivity contribution in [2.75, 3.05) is 32.1 Å². The Hall–Kier alpha value is -3.54. The van der Waals surface area contributed by atoms with Crippen LogP contribution in [0, 0.1) is 5.82 Å². The Labute approximate surface area is 211 Å². The van der Waals surface area contributed by atoms with Crippen molar-refractivity contribution in [3.05, 3.63) is 54.7 Å². The minimum absolute atomic E-state index is 0.0689. The normalized spacial score (nSPS) is 13.2. The van der Waals surface area contributed by atoms with Crippen LogP contribution in [0.1, 0.15) is 12.8 Å². The lowest BCUT2D eigenvalue weighted by molar-refractivity contribution is 0.199. The van der Waals surface area contributed by atoms with Gasteiger partial charge in [0, 0.05) is 66.9 Å². The van der Waals surface area contributed by atoms with E-state index in [4.69, 9.17) is 9.47 Å². The average Bonchev–Trinajstić information content (AvgIpc) is 3.36. The maximum absolute atomic E-state index is 14.8. The van der Waals surface area contributed by atoms with E-state index >= 15 is 0 Å². The van der Waals surface area contributed by atoms with Gasteiger partial charge >= 0.3 is 6.03 Å². The molecule has 0 unspecified atom stereocenters. The Balaban J connectivity index is 1.27. The van der Waals surface area contributed by atoms with Crippen molar-refractivity contribution in [3.8, 4) is 21.9 Å². The molecule has 0 bridgehead atoms. The van der Waals surface area contributed by atoms with Crippen LogP contribution in [0.15, 0.2) is 48.9 Å². The van der Waals surface area contributed by atoms with Gasteiger partial charge in [-0.2, -0.15) is 5.10 Å². The zero-order valence-electron chi connectivity index (χ0n) is 19.8. The molecule has 188 valence electrons. The third kappa shape index (κ3) is 5.99. The summed E-state index contributed by atoms with van der Waals surface area (Å²) in [4.78, 5) is 17.4. The first-order valence-electron chi connectivity index (χ1n) is 11.7. The number of rotatable bonds is 11. The molecule has 3 heterocycles. The molecule has 2 amide bonds. The van der Waals surface area contributed by atoms with Crippen LogP contribution in [-0.4, -0.2) is 53.6 Å². The Morgan fingerprint density at radius 1 is 1.22 bits per heavy atom. The van der Waals surface area contributed by atoms with Crippen LogP contribution < -0.4 is 20.7 Å². The van der Waals surface area contributed by atoms with E-state index in [-0.39, 0.29) is 17.8 Å². The molecule has 0 spiro atoms. The quantitative estimate of drug-likeness (QED) is 0.255. The first-order valence-corrected chi connectivity index (χ1v) is 12.6. The van der Waals surface area contributed by atoms with Gasteiger partial charge in [-0.25, -0.2) is 9.18 Å². The molecule has 0 saturated heterocycles. The SMILES string of the molecule is COCCNCCn1cc(-c2cc3nccc(Oc4ccc(NC(=O)NC5CC5)cc4F)c3s2)cn1. The van der Waals surface area contributed by atoms with Crippen molar-refractivity contribution >= 4 is 33.3 Å². The molecule has 1 aliphatic carbocycles. The maximum atomic E-state index is 14.8. The second-order valence-corrected chi connectivity index (χ2v) is 9.54. The summed E-state index contributed by atoms with van der Waals surface area (Å²) in [5.41, 5.74) is 2.10. The van der Waals surface area contributed by atoms with E-state index in [0.29, 0.717) is 18.0 Å². The summed E-state index contributed by atoms with van der Waals surface area (Å²) in [7, 11) is 1.68. The number of amides is 2. The van der Waals surface area contributed by atoms with E-state index in [1.165, 1.54) is 23.5 Å². The summed E-state index contributed by atoms with van der Waals surface area (Å²) in [5.74, 6) is 0.0119. The summed E-state index contributed by atoms with van der Waals surface area (Å²) >= 11 is 1.51. The topological polar surface area (TPSA) is 102 Å². The van der Waals surface area contributed by atoms with Crippen molar-refractivity contribution < 1.29 is 18.7 Å². The number of carbonyl (C=O) groups excluding carboxylic acids is 1. The van der Waals surface area contributed by atoms with Gasteiger partial charge in [-0.15, -0.1) is 11.3 Å². The maximum Gasteiger partial charge on any atom is 0.319 e. The molecular weight excluding hydrogens is 483 g/mol. The number of hydrogen-bond donors (Lipinski definition) is 3. The molecule has 1 aliphatic rings. The van der Waals surface area contributed by atoms with Gasteiger partial charge in [0.15, 0.2) is 11.6 Å². The number of carbonyl (C=O) groups is 1. The van der Waals surface area contributed by atoms with Crippen LogP contribution >= 0.6 is 11.3 Å². The minimum atomic E-state index is -0.568. The third-order valence-electron chi connectivity index (χ3n) is 5.62. The third-order valence-corrected chi connectivity index (χ3v) is 6.80. The first kappa shape index (κ1) is 24.2. The Kier molecular flexibility index (Phi) is 7.40. The number of anilines is 1. The van der Waals surface area contributed by atoms with Crippen molar-refractivity contribution in [2.45, 2.75) is 25.4 Å². The van der Waals surface area contributed by atoms with E-state index in [1.807, 2.05) is 23.1 Å². The van der Waals surface area contributed by atoms with Gasteiger partial charge in [0.2, 0.25) is 0 Å². The standard InChI is InChI=1S/C25H27FN6O3S/c1-34-11-9-27-8-10-32-15-16(14-29-32)23-13-20-24(36-23)22(6-7-28-20)35-21-5-4-18(12-19(21)26)31-25(33)30-17-2-3-17/h4-7,12-15,17,27H,2-3,8-11H2,1H3,(H2,30,31,33). The number of benzene rings is 1. The number of halogens is 1. The lowest BCUT2D eigenvalue weighted by Gasteiger charge is -2.10. The Bertz CT molecular complexity index is 1350. The summed E-state index contributed by atoms with van der Waals surface area (Å²) in [6.07, 6.45) is 7.42. The summed E-state index contributed by atoms with van der Waals surface area (Å²) in [6.45, 7) is 3.01. The number of aromatic nitrogens is 3. The fourth-order valence-corrected chi connectivity index (χ4v) is 4.64. The molecule has 1 fully saturated rings. The van der Waals surface area contributed by atoms with Crippen molar-refractivity contribution in [1.29, 1.82) is 0 Å². The van der Waals surface area contributed by atoms with E-state index in [2.05, 4.69) is 26.0 Å². The Morgan fingerprint density at radius 3 is 2.92 bits per heavy atom. The fourth-order valence-electron chi connectivity index (χ4n) is 3.60. The number of pyridine rings is 1. The zero-order valence-corrected chi connectivity index (χ0v) is 20.6. The van der Waals surface area contributed by atoms with Crippen molar-refractivity contribution in [1.82, 2.24) is 25.4 Å². The van der Waals surface area contributed by atoms with Gasteiger partial charge in [0.05, 0.1) is 29.6 Å². The molecule has 5 rings (SSSR count). The monoisotopic (exact) mass is 510 g/mol. The van der Waals surface area contributed by atoms with Crippen LogP contribution in [0.25, 0.3) is 20.7 Å². The number of nitrogens with zero attached hydrogens (tertiary/aromatic N) is 3. The second kappa shape index (κ2) is 11.0. The molecule has 11 heteroatoms. The highest BCUT2D eigenvalue weighted by Crippen LogP contribution is 2.39. The molecule has 0 radical (unpaired) electrons. The number of ether oxygens (including phenoxy) is 2. The predicted octanol–water partition coefficient (Wildman–Crippen LogP) is 4.61. The lowest BCUT2D eigenvalue weighted by Crippen LogP contribution is -2.30. The highest BCUT2D eigenvalue weighted by Gasteiger charge is 2.23. The van der Waals surface area contributed by atoms with Crippen LogP contribution in [0.2, 0.25) is 0 Å². The molecule has 0 aliphatic heterocycles. The molecule has 3 aromatic heterocycles. The number of methoxy groups -OCH3 is 1. The fraction of sp³-hybridized carbons (Fsp3) is 0.320. The van der Waals surface area contributed by atoms with Crippen LogP contribution in [0.5, 0.6) is 11.5 Å². The van der Waals surface area contributed by atoms with Crippen LogP contribution in [-0.2, 0) is 11.3 Å². The molecule has 36 heavy (non-hydrogen) atoms. The Morgan fingerprint density at radius 2 is 2.11 bits per heavy atom. The van der Waals surface area contributed by atoms with Gasteiger partial charge in [-0.1, -0.05) is 0 Å². The van der Waals surface area contributed by atoms with Crippen molar-refractivity contribution in [3.63, 3.8) is 0 Å². The van der Waals surface area contributed by atoms with Crippen molar-refractivity contribution in [2.24, 2.45) is 0 Å². The highest BCUT2D eigenvalue weighted by atomic mass is 32.1. The van der Waals surface area contributed by atoms with E-state index in [9.17, 15) is 9.18 Å². The van der Waals surface area contributed by atoms with E-state index < -0.39 is 5.82 Å². The van der Waals surface area contributed by atoms with Gasteiger partial charge in [-0.3, -0.25) is 9.67 Å². The number of fused-ring (bicyclic) bond motifs is 1. The summed E-state index contributed by atoms with van der Waals surface area (Å²) in [6, 6.07) is 7.95. The predicted molar refractivity (Wildman–Crippen MR) is 137 cm³/mol. The lowest BCUT2D eigenvalue weighted by atomic mass is 10.2. The van der Waals surface area contributed by atoms with Crippen LogP contribution in [0.4, 0.5) is 14.9 Å². The summed E-state index contributed by atoms with van der Waals surface area (Å²) in [5, 5.41) is 13.2. The van der Waals surface area contributed by atoms with E-state index in [0.717, 1.165) is 53.1 Å². The van der Waals surface area contributed by atoms with Gasteiger partial charge in [0.1, 0.15) is 5.75 Å². The molecule has 0 atom stereocenters. The van der Waals surface area contributed by atoms with Gasteiger partial charge in [-0.05, 0) is 31.0 Å². The number of hydrogen-bond acceptors (Lipinski definition) is 7. The van der Waals surface area contributed by atoms with Crippen LogP contribution in [0.3, 0.4) is 0 Å². The molecule has 1 saturated carbocycles. The number of urea groups is 1. The van der Waals surface area contributed by atoms with Gasteiger partial charge in [0.25, 0.3) is 0 Å². The largest absolute Gasteiger partial charge is 0.453 e. The highest BCUT2D eigenvalue weighted by molar-refractivity contribution is 7.22. The average molecular weight is 511 g/mol. The summed E-state index contributed by atoms with van der Waals surface area (Å²) < 4.78 is 28.4. The minimum Gasteiger partial charge on any atom is -0.453 e. The molecular formula is C25H27FN6O3S. The molecule has 4 aromatic rings. The molecule has 1 aromatic carbocycles. The number of nitrogens with one attached hydrogen (secondary N) is 3. The second-order valence-electron chi connectivity index (χ2n) is 8.49. The smallest absolute Gasteiger partial charge is 0.319 e. The molecule has 9 nitrogen and oxygen atoms in total. The first-order chi connectivity index (χ1) is 17.6. The van der Waals surface area contributed by atoms with E-state index in [1.54, 1.807) is 25.4 Å². The number of thiophene rings is 1.